The third-order valence-corrected chi connectivity index (χ3v) is 1.36. The lowest BCUT2D eigenvalue weighted by Crippen LogP contribution is -2.07. The largest absolute Gasteiger partial charge is 0.477 e. The number of carboxylic acid groups (broad SMARTS) is 1. The summed E-state index contributed by atoms with van der Waals surface area (Å²) in [7, 11) is 1.13. The highest BCUT2D eigenvalue weighted by Crippen LogP contribution is 2.13. The molecule has 0 aromatic carbocycles. The Balaban J connectivity index is 3.19. The third-order valence-electron chi connectivity index (χ3n) is 1.36. The van der Waals surface area contributed by atoms with Crippen LogP contribution in [0.2, 0.25) is 0 Å². The van der Waals surface area contributed by atoms with Crippen LogP contribution in [0.1, 0.15) is 10.4 Å². The van der Waals surface area contributed by atoms with Crippen LogP contribution in [0.4, 0.5) is 5.82 Å². The molecule has 0 spiro atoms. The van der Waals surface area contributed by atoms with E-state index in [1.54, 1.807) is 0 Å². The number of aromatic nitrogens is 1. The van der Waals surface area contributed by atoms with Gasteiger partial charge in [0.1, 0.15) is 13.3 Å². The van der Waals surface area contributed by atoms with Gasteiger partial charge in [0, 0.05) is 0 Å². The molecule has 1 aromatic heterocycles. The van der Waals surface area contributed by atoms with Crippen molar-refractivity contribution in [2.24, 2.45) is 0 Å². The molecule has 0 atom stereocenters. The van der Waals surface area contributed by atoms with Gasteiger partial charge in [0.25, 0.3) is 0 Å². The van der Waals surface area contributed by atoms with Crippen LogP contribution in [0.3, 0.4) is 0 Å². The molecule has 1 rings (SSSR count). The zero-order valence-electron chi connectivity index (χ0n) is 6.80. The number of pyridine rings is 1. The van der Waals surface area contributed by atoms with Crippen LogP contribution < -0.4 is 0 Å². The van der Waals surface area contributed by atoms with Crippen LogP contribution in [-0.2, 0) is 4.84 Å². The molecule has 0 aliphatic carbocycles. The second-order valence-corrected chi connectivity index (χ2v) is 2.12. The minimum absolute atomic E-state index is 0.0451. The summed E-state index contributed by atoms with van der Waals surface area (Å²) < 4.78 is 0. The predicted molar refractivity (Wildman–Crippen MR) is 41.5 cm³/mol. The Hall–Kier alpha value is -1.98. The van der Waals surface area contributed by atoms with E-state index >= 15 is 0 Å². The molecule has 0 radical (unpaired) electrons. The van der Waals surface area contributed by atoms with E-state index in [-0.39, 0.29) is 16.3 Å². The number of carboxylic acids is 1. The second kappa shape index (κ2) is 3.61. The van der Waals surface area contributed by atoms with Crippen molar-refractivity contribution in [3.05, 3.63) is 28.8 Å². The van der Waals surface area contributed by atoms with Gasteiger partial charge in [0.05, 0.1) is 0 Å². The van der Waals surface area contributed by atoms with Crippen LogP contribution in [0.15, 0.2) is 18.3 Å². The van der Waals surface area contributed by atoms with Crippen molar-refractivity contribution in [3.8, 4) is 0 Å². The number of hydrogen-bond donors (Lipinski definition) is 1. The van der Waals surface area contributed by atoms with Crippen LogP contribution in [0.25, 0.3) is 0 Å². The van der Waals surface area contributed by atoms with Crippen molar-refractivity contribution in [3.63, 3.8) is 0 Å². The minimum Gasteiger partial charge on any atom is -0.477 e. The molecule has 1 N–H and O–H groups in total. The van der Waals surface area contributed by atoms with E-state index in [1.807, 2.05) is 0 Å². The molecule has 0 unspecified atom stereocenters. The van der Waals surface area contributed by atoms with Crippen LogP contribution in [0.5, 0.6) is 0 Å². The molecule has 1 heterocycles. The number of aromatic carboxylic acids is 1. The van der Waals surface area contributed by atoms with Crippen molar-refractivity contribution < 1.29 is 19.7 Å². The quantitative estimate of drug-likeness (QED) is 0.699. The van der Waals surface area contributed by atoms with E-state index in [1.165, 1.54) is 18.3 Å². The number of nitrogens with zero attached hydrogens (tertiary/aromatic N) is 2. The summed E-state index contributed by atoms with van der Waals surface area (Å²) in [5.41, 5.74) is -0.195. The maximum Gasteiger partial charge on any atom is 0.423 e. The lowest BCUT2D eigenvalue weighted by Gasteiger charge is -1.93. The number of rotatable bonds is 3. The molecule has 6 heteroatoms. The summed E-state index contributed by atoms with van der Waals surface area (Å²) >= 11 is 0. The van der Waals surface area contributed by atoms with Gasteiger partial charge >= 0.3 is 11.8 Å². The molecular weight excluding hydrogens is 176 g/mol. The molecule has 1 aromatic rings. The fraction of sp³-hybridized carbons (Fsp3) is 0.143. The monoisotopic (exact) mass is 183 g/mol. The maximum absolute atomic E-state index is 10.9. The third kappa shape index (κ3) is 1.78. The molecular formula is C7H7N2O4+. The number of carbonyl (C=O) groups is 1. The normalized spacial score (nSPS) is 9.31. The van der Waals surface area contributed by atoms with E-state index in [0.29, 0.717) is 0 Å². The van der Waals surface area contributed by atoms with E-state index in [2.05, 4.69) is 9.82 Å². The lowest BCUT2D eigenvalue weighted by molar-refractivity contribution is -0.739. The molecule has 0 saturated heterocycles. The second-order valence-electron chi connectivity index (χ2n) is 2.12. The highest BCUT2D eigenvalue weighted by atomic mass is 16.8. The zero-order valence-corrected chi connectivity index (χ0v) is 6.80. The molecule has 0 aliphatic rings. The molecule has 0 bridgehead atoms. The van der Waals surface area contributed by atoms with E-state index in [4.69, 9.17) is 5.11 Å². The Kier molecular flexibility index (Phi) is 2.53. The van der Waals surface area contributed by atoms with Gasteiger partial charge < -0.3 is 9.94 Å². The molecule has 0 saturated carbocycles. The van der Waals surface area contributed by atoms with E-state index in [9.17, 15) is 9.70 Å². The summed E-state index contributed by atoms with van der Waals surface area (Å²) in [5.74, 6) is -1.49. The zero-order chi connectivity index (χ0) is 9.84. The average molecular weight is 183 g/mol. The first-order valence-corrected chi connectivity index (χ1v) is 3.36. The van der Waals surface area contributed by atoms with Gasteiger partial charge in [0.15, 0.2) is 10.5 Å². The predicted octanol–water partition coefficient (Wildman–Crippen LogP) is 0.752. The van der Waals surface area contributed by atoms with Crippen molar-refractivity contribution in [1.29, 1.82) is 0 Å². The lowest BCUT2D eigenvalue weighted by atomic mass is 10.2. The van der Waals surface area contributed by atoms with Crippen LogP contribution >= 0.6 is 0 Å². The van der Waals surface area contributed by atoms with Crippen LogP contribution in [0, 0.1) is 4.91 Å². The first-order valence-electron chi connectivity index (χ1n) is 3.36. The van der Waals surface area contributed by atoms with Gasteiger partial charge in [-0.3, -0.25) is 0 Å². The van der Waals surface area contributed by atoms with E-state index < -0.39 is 5.97 Å². The number of hydrogen-bond acceptors (Lipinski definition) is 4. The van der Waals surface area contributed by atoms with Gasteiger partial charge in [-0.15, -0.1) is 0 Å². The Morgan fingerprint density at radius 3 is 2.92 bits per heavy atom. The van der Waals surface area contributed by atoms with Crippen molar-refractivity contribution in [2.75, 3.05) is 7.11 Å². The fourth-order valence-electron chi connectivity index (χ4n) is 0.796. The SMILES string of the molecule is CO[N+](=O)c1ncccc1C(=O)O. The summed E-state index contributed by atoms with van der Waals surface area (Å²) in [6.07, 6.45) is 1.31. The first kappa shape index (κ1) is 9.11. The Labute approximate surface area is 73.3 Å². The average Bonchev–Trinajstić information content (AvgIpc) is 2.16. The topological polar surface area (TPSA) is 79.5 Å². The highest BCUT2D eigenvalue weighted by Gasteiger charge is 2.24. The Morgan fingerprint density at radius 2 is 2.38 bits per heavy atom. The van der Waals surface area contributed by atoms with Crippen LogP contribution in [-0.4, -0.2) is 28.1 Å². The van der Waals surface area contributed by atoms with Crippen molar-refractivity contribution in [1.82, 2.24) is 4.98 Å². The standard InChI is InChI=1S/C7H6N2O4/c1-13-9(12)6-5(7(10)11)3-2-4-8-6/h2-4H,1H3/p+1. The Morgan fingerprint density at radius 1 is 1.69 bits per heavy atom. The molecule has 0 amide bonds. The summed E-state index contributed by atoms with van der Waals surface area (Å²) in [5, 5.41) is 8.65. The summed E-state index contributed by atoms with van der Waals surface area (Å²) in [6.45, 7) is 0. The molecule has 13 heavy (non-hydrogen) atoms. The van der Waals surface area contributed by atoms with Crippen molar-refractivity contribution >= 4 is 11.8 Å². The van der Waals surface area contributed by atoms with Gasteiger partial charge in [-0.1, -0.05) is 0 Å². The summed E-state index contributed by atoms with van der Waals surface area (Å²) in [4.78, 5) is 29.4. The van der Waals surface area contributed by atoms with Gasteiger partial charge in [0.2, 0.25) is 0 Å². The summed E-state index contributed by atoms with van der Waals surface area (Å²) in [6, 6.07) is 2.70. The Bertz CT molecular complexity index is 350. The molecule has 0 fully saturated rings. The van der Waals surface area contributed by atoms with E-state index in [0.717, 1.165) is 7.11 Å². The minimum atomic E-state index is -1.22. The van der Waals surface area contributed by atoms with Gasteiger partial charge in [-0.2, -0.15) is 0 Å². The molecule has 0 aliphatic heterocycles. The smallest absolute Gasteiger partial charge is 0.423 e. The first-order chi connectivity index (χ1) is 6.16. The van der Waals surface area contributed by atoms with Crippen molar-refractivity contribution in [2.45, 2.75) is 0 Å². The molecule has 68 valence electrons. The van der Waals surface area contributed by atoms with Gasteiger partial charge in [-0.05, 0) is 22.0 Å². The highest BCUT2D eigenvalue weighted by molar-refractivity contribution is 5.91. The molecule has 6 nitrogen and oxygen atoms in total. The maximum atomic E-state index is 10.9. The fourth-order valence-corrected chi connectivity index (χ4v) is 0.796. The van der Waals surface area contributed by atoms with Gasteiger partial charge in [-0.25, -0.2) is 4.79 Å².